The highest BCUT2D eigenvalue weighted by atomic mass is 35.5. The Hall–Kier alpha value is -0.510. The molecule has 1 fully saturated rings. The van der Waals surface area contributed by atoms with Crippen molar-refractivity contribution in [1.29, 1.82) is 0 Å². The topological polar surface area (TPSA) is 21.3 Å². The second kappa shape index (κ2) is 4.80. The summed E-state index contributed by atoms with van der Waals surface area (Å²) >= 11 is 12.2. The van der Waals surface area contributed by atoms with E-state index in [1.807, 2.05) is 0 Å². The molecule has 0 saturated carbocycles. The van der Waals surface area contributed by atoms with Crippen LogP contribution in [0.3, 0.4) is 0 Å². The van der Waals surface area contributed by atoms with Crippen molar-refractivity contribution in [2.24, 2.45) is 0 Å². The number of halogens is 3. The maximum absolute atomic E-state index is 13.9. The molecule has 2 heterocycles. The molecule has 104 valence electrons. The quantitative estimate of drug-likeness (QED) is 0.799. The zero-order chi connectivity index (χ0) is 13.6. The van der Waals surface area contributed by atoms with Crippen LogP contribution in [0.1, 0.15) is 36.3 Å². The van der Waals surface area contributed by atoms with Crippen LogP contribution in [-0.4, -0.2) is 18.7 Å². The van der Waals surface area contributed by atoms with Gasteiger partial charge in [-0.25, -0.2) is 4.39 Å². The summed E-state index contributed by atoms with van der Waals surface area (Å²) < 4.78 is 19.5. The Bertz CT molecular complexity index is 502. The van der Waals surface area contributed by atoms with Crippen LogP contribution in [0.15, 0.2) is 12.1 Å². The highest BCUT2D eigenvalue weighted by Gasteiger charge is 2.39. The van der Waals surface area contributed by atoms with Crippen LogP contribution >= 0.6 is 23.2 Å². The highest BCUT2D eigenvalue weighted by molar-refractivity contribution is 6.30. The molecule has 0 radical (unpaired) electrons. The number of ether oxygens (including phenoxy) is 1. The molecule has 2 nitrogen and oxygen atoms in total. The monoisotopic (exact) mass is 303 g/mol. The minimum atomic E-state index is -0.627. The first-order chi connectivity index (χ1) is 9.01. The Morgan fingerprint density at radius 3 is 2.89 bits per heavy atom. The first kappa shape index (κ1) is 13.5. The number of rotatable bonds is 1. The molecule has 3 atom stereocenters. The summed E-state index contributed by atoms with van der Waals surface area (Å²) in [6, 6.07) is 2.99. The molecule has 2 aliphatic heterocycles. The van der Waals surface area contributed by atoms with Crippen LogP contribution in [0.25, 0.3) is 0 Å². The van der Waals surface area contributed by atoms with E-state index in [0.717, 1.165) is 31.5 Å². The van der Waals surface area contributed by atoms with Crippen LogP contribution in [-0.2, 0) is 5.41 Å². The van der Waals surface area contributed by atoms with Gasteiger partial charge in [0.1, 0.15) is 16.9 Å². The largest absolute Gasteiger partial charge is 0.472 e. The maximum atomic E-state index is 13.9. The maximum Gasteiger partial charge on any atom is 0.192 e. The molecule has 19 heavy (non-hydrogen) atoms. The van der Waals surface area contributed by atoms with E-state index < -0.39 is 10.9 Å². The predicted molar refractivity (Wildman–Crippen MR) is 74.7 cm³/mol. The average molecular weight is 304 g/mol. The molecule has 0 amide bonds. The van der Waals surface area contributed by atoms with Crippen LogP contribution in [0, 0.1) is 5.82 Å². The second-order valence-corrected chi connectivity index (χ2v) is 6.48. The van der Waals surface area contributed by atoms with E-state index >= 15 is 0 Å². The van der Waals surface area contributed by atoms with Gasteiger partial charge in [-0.1, -0.05) is 18.5 Å². The summed E-state index contributed by atoms with van der Waals surface area (Å²) in [6.45, 7) is 3.94. The SMILES string of the molecule is CC1(c2cc(F)cc3c2O[C@@H](Cl)[C@H]3Cl)CCCNC1. The van der Waals surface area contributed by atoms with Gasteiger partial charge in [0.2, 0.25) is 0 Å². The lowest BCUT2D eigenvalue weighted by atomic mass is 9.75. The van der Waals surface area contributed by atoms with Gasteiger partial charge in [0.25, 0.3) is 0 Å². The van der Waals surface area contributed by atoms with Gasteiger partial charge in [-0.3, -0.25) is 0 Å². The summed E-state index contributed by atoms with van der Waals surface area (Å²) in [6.07, 6.45) is 2.07. The lowest BCUT2D eigenvalue weighted by molar-refractivity contribution is 0.286. The number of benzene rings is 1. The number of nitrogens with one attached hydrogen (secondary N) is 1. The third-order valence-corrected chi connectivity index (χ3v) is 5.02. The Labute approximate surface area is 122 Å². The first-order valence-corrected chi connectivity index (χ1v) is 7.38. The van der Waals surface area contributed by atoms with Crippen LogP contribution in [0.4, 0.5) is 4.39 Å². The van der Waals surface area contributed by atoms with Gasteiger partial charge in [-0.15, -0.1) is 11.6 Å². The van der Waals surface area contributed by atoms with E-state index in [9.17, 15) is 4.39 Å². The van der Waals surface area contributed by atoms with E-state index in [1.165, 1.54) is 6.07 Å². The molecule has 3 rings (SSSR count). The zero-order valence-electron chi connectivity index (χ0n) is 10.7. The van der Waals surface area contributed by atoms with Crippen LogP contribution in [0.2, 0.25) is 0 Å². The van der Waals surface area contributed by atoms with Gasteiger partial charge in [-0.2, -0.15) is 0 Å². The molecule has 2 aliphatic rings. The summed E-state index contributed by atoms with van der Waals surface area (Å²) in [4.78, 5) is 0. The molecule has 0 bridgehead atoms. The molecule has 1 saturated heterocycles. The van der Waals surface area contributed by atoms with Gasteiger partial charge in [-0.05, 0) is 31.5 Å². The van der Waals surface area contributed by atoms with Crippen molar-refractivity contribution in [3.63, 3.8) is 0 Å². The lowest BCUT2D eigenvalue weighted by Gasteiger charge is -2.35. The molecule has 0 aliphatic carbocycles. The highest BCUT2D eigenvalue weighted by Crippen LogP contribution is 2.49. The van der Waals surface area contributed by atoms with Crippen molar-refractivity contribution in [2.45, 2.75) is 36.1 Å². The molecule has 1 unspecified atom stereocenters. The normalized spacial score (nSPS) is 33.9. The molecule has 1 aromatic carbocycles. The third-order valence-electron chi connectivity index (χ3n) is 4.09. The smallest absolute Gasteiger partial charge is 0.192 e. The van der Waals surface area contributed by atoms with E-state index in [-0.39, 0.29) is 11.2 Å². The summed E-state index contributed by atoms with van der Waals surface area (Å²) in [7, 11) is 0. The van der Waals surface area contributed by atoms with Gasteiger partial charge in [0.15, 0.2) is 5.56 Å². The Morgan fingerprint density at radius 2 is 2.21 bits per heavy atom. The van der Waals surface area contributed by atoms with Crippen LogP contribution in [0.5, 0.6) is 5.75 Å². The zero-order valence-corrected chi connectivity index (χ0v) is 12.2. The first-order valence-electron chi connectivity index (χ1n) is 6.51. The summed E-state index contributed by atoms with van der Waals surface area (Å²) in [5.41, 5.74) is 0.784. The molecule has 0 aromatic heterocycles. The Balaban J connectivity index is 2.10. The number of hydrogen-bond acceptors (Lipinski definition) is 2. The fourth-order valence-corrected chi connectivity index (χ4v) is 3.44. The van der Waals surface area contributed by atoms with E-state index in [4.69, 9.17) is 27.9 Å². The number of alkyl halides is 2. The summed E-state index contributed by atoms with van der Waals surface area (Å²) in [5.74, 6) is 0.396. The molecular formula is C14H16Cl2FNO. The lowest BCUT2D eigenvalue weighted by Crippen LogP contribution is -2.41. The Morgan fingerprint density at radius 1 is 1.42 bits per heavy atom. The van der Waals surface area contributed by atoms with Gasteiger partial charge < -0.3 is 10.1 Å². The minimum Gasteiger partial charge on any atom is -0.472 e. The Kier molecular flexibility index (Phi) is 3.40. The molecule has 1 aromatic rings. The van der Waals surface area contributed by atoms with Gasteiger partial charge >= 0.3 is 0 Å². The minimum absolute atomic E-state index is 0.137. The van der Waals surface area contributed by atoms with Crippen molar-refractivity contribution in [1.82, 2.24) is 5.32 Å². The number of piperidine rings is 1. The molecule has 5 heteroatoms. The van der Waals surface area contributed by atoms with Gasteiger partial charge in [0.05, 0.1) is 0 Å². The van der Waals surface area contributed by atoms with Gasteiger partial charge in [0, 0.05) is 23.1 Å². The van der Waals surface area contributed by atoms with Crippen molar-refractivity contribution in [3.05, 3.63) is 29.1 Å². The standard InChI is InChI=1S/C14H16Cl2FNO/c1-14(3-2-4-18-7-14)10-6-8(17)5-9-11(15)13(16)19-12(9)10/h5-6,11,13,18H,2-4,7H2,1H3/t11-,13+,14?/m0/s1. The van der Waals surface area contributed by atoms with Crippen molar-refractivity contribution < 1.29 is 9.13 Å². The van der Waals surface area contributed by atoms with E-state index in [1.54, 1.807) is 6.07 Å². The predicted octanol–water partition coefficient (Wildman–Crippen LogP) is 3.70. The average Bonchev–Trinajstić information content (AvgIpc) is 2.66. The molecule has 1 N–H and O–H groups in total. The van der Waals surface area contributed by atoms with Crippen molar-refractivity contribution in [2.75, 3.05) is 13.1 Å². The molecule has 0 spiro atoms. The van der Waals surface area contributed by atoms with Crippen molar-refractivity contribution >= 4 is 23.2 Å². The fraction of sp³-hybridized carbons (Fsp3) is 0.571. The third kappa shape index (κ3) is 2.22. The molecular weight excluding hydrogens is 288 g/mol. The number of hydrogen-bond donors (Lipinski definition) is 1. The van der Waals surface area contributed by atoms with Crippen LogP contribution < -0.4 is 10.1 Å². The fourth-order valence-electron chi connectivity index (χ4n) is 3.00. The summed E-state index contributed by atoms with van der Waals surface area (Å²) in [5, 5.41) is 2.87. The second-order valence-electron chi connectivity index (χ2n) is 5.58. The van der Waals surface area contributed by atoms with E-state index in [2.05, 4.69) is 12.2 Å². The number of fused-ring (bicyclic) bond motifs is 1. The van der Waals surface area contributed by atoms with Crippen molar-refractivity contribution in [3.8, 4) is 5.75 Å². The van der Waals surface area contributed by atoms with E-state index in [0.29, 0.717) is 11.3 Å².